The minimum atomic E-state index is -0.898. The van der Waals surface area contributed by atoms with Crippen molar-refractivity contribution in [2.45, 2.75) is 19.4 Å². The third-order valence-electron chi connectivity index (χ3n) is 3.93. The van der Waals surface area contributed by atoms with Gasteiger partial charge in [0.25, 0.3) is 0 Å². The van der Waals surface area contributed by atoms with E-state index in [1.807, 2.05) is 30.3 Å². The molecule has 1 N–H and O–H groups in total. The van der Waals surface area contributed by atoms with Crippen molar-refractivity contribution in [3.63, 3.8) is 0 Å². The Bertz CT molecular complexity index is 728. The number of hydrogen-bond donors (Lipinski definition) is 1. The van der Waals surface area contributed by atoms with Crippen molar-refractivity contribution in [3.05, 3.63) is 71.8 Å². The molecular weight excluding hydrogens is 318 g/mol. The Morgan fingerprint density at radius 2 is 1.52 bits per heavy atom. The van der Waals surface area contributed by atoms with E-state index in [0.29, 0.717) is 12.0 Å². The molecule has 0 unspecified atom stereocenters. The second-order valence-corrected chi connectivity index (χ2v) is 5.73. The summed E-state index contributed by atoms with van der Waals surface area (Å²) in [4.78, 5) is 36.8. The Morgan fingerprint density at radius 1 is 0.960 bits per heavy atom. The third-order valence-corrected chi connectivity index (χ3v) is 3.93. The number of carbonyl (C=O) groups is 3. The molecule has 0 saturated carbocycles. The number of rotatable bonds is 7. The highest BCUT2D eigenvalue weighted by molar-refractivity contribution is 6.10. The van der Waals surface area contributed by atoms with Crippen LogP contribution in [0.5, 0.6) is 0 Å². The van der Waals surface area contributed by atoms with Crippen molar-refractivity contribution in [3.8, 4) is 0 Å². The Labute approximate surface area is 147 Å². The Balaban J connectivity index is 2.08. The van der Waals surface area contributed by atoms with Crippen molar-refractivity contribution in [2.75, 3.05) is 7.11 Å². The van der Waals surface area contributed by atoms with E-state index in [9.17, 15) is 14.4 Å². The molecule has 5 heteroatoms. The lowest BCUT2D eigenvalue weighted by molar-refractivity contribution is -0.145. The third kappa shape index (κ3) is 5.01. The summed E-state index contributed by atoms with van der Waals surface area (Å²) in [6, 6.07) is 17.1. The second-order valence-electron chi connectivity index (χ2n) is 5.73. The summed E-state index contributed by atoms with van der Waals surface area (Å²) >= 11 is 0. The number of ketones is 1. The highest BCUT2D eigenvalue weighted by atomic mass is 16.5. The average molecular weight is 339 g/mol. The summed E-state index contributed by atoms with van der Waals surface area (Å²) in [5, 5.41) is 2.63. The lowest BCUT2D eigenvalue weighted by atomic mass is 9.97. The van der Waals surface area contributed by atoms with Crippen molar-refractivity contribution < 1.29 is 19.1 Å². The molecule has 0 heterocycles. The summed E-state index contributed by atoms with van der Waals surface area (Å²) in [6.45, 7) is 1.53. The van der Waals surface area contributed by atoms with Crippen LogP contribution in [-0.2, 0) is 20.7 Å². The Hall–Kier alpha value is -2.95. The normalized spacial score (nSPS) is 12.7. The predicted molar refractivity (Wildman–Crippen MR) is 94.0 cm³/mol. The molecule has 0 fully saturated rings. The molecule has 0 aromatic heterocycles. The van der Waals surface area contributed by atoms with Gasteiger partial charge < -0.3 is 10.1 Å². The second kappa shape index (κ2) is 8.78. The van der Waals surface area contributed by atoms with Crippen LogP contribution < -0.4 is 5.32 Å². The smallest absolute Gasteiger partial charge is 0.328 e. The molecule has 2 aromatic carbocycles. The van der Waals surface area contributed by atoms with E-state index in [1.165, 1.54) is 14.0 Å². The summed E-state index contributed by atoms with van der Waals surface area (Å²) in [6.07, 6.45) is 0.297. The van der Waals surface area contributed by atoms with Gasteiger partial charge in [0.15, 0.2) is 5.78 Å². The van der Waals surface area contributed by atoms with Crippen LogP contribution in [0.1, 0.15) is 22.8 Å². The van der Waals surface area contributed by atoms with Gasteiger partial charge in [0.1, 0.15) is 6.04 Å². The maximum absolute atomic E-state index is 12.4. The zero-order valence-corrected chi connectivity index (χ0v) is 14.3. The van der Waals surface area contributed by atoms with E-state index in [0.717, 1.165) is 5.56 Å². The maximum Gasteiger partial charge on any atom is 0.328 e. The molecule has 25 heavy (non-hydrogen) atoms. The zero-order chi connectivity index (χ0) is 18.2. The predicted octanol–water partition coefficient (Wildman–Crippen LogP) is 2.41. The molecule has 0 radical (unpaired) electrons. The molecule has 2 aromatic rings. The van der Waals surface area contributed by atoms with Gasteiger partial charge in [-0.05, 0) is 12.5 Å². The van der Waals surface area contributed by atoms with E-state index in [2.05, 4.69) is 5.32 Å². The van der Waals surface area contributed by atoms with Crippen LogP contribution in [0.25, 0.3) is 0 Å². The van der Waals surface area contributed by atoms with Gasteiger partial charge in [0.2, 0.25) is 5.91 Å². The molecule has 0 aliphatic heterocycles. The molecule has 5 nitrogen and oxygen atoms in total. The van der Waals surface area contributed by atoms with Crippen LogP contribution >= 0.6 is 0 Å². The molecule has 1 amide bonds. The summed E-state index contributed by atoms with van der Waals surface area (Å²) < 4.78 is 4.77. The standard InChI is InChI=1S/C20H21NO4/c1-14(18(22)16-11-7-4-8-12-16)19(23)21-17(20(24)25-2)13-15-9-5-3-6-10-15/h3-12,14,17H,13H2,1-2H3,(H,21,23)/t14-,17+/m1/s1. The number of nitrogens with one attached hydrogen (secondary N) is 1. The number of esters is 1. The van der Waals surface area contributed by atoms with Crippen molar-refractivity contribution in [2.24, 2.45) is 5.92 Å². The van der Waals surface area contributed by atoms with Gasteiger partial charge in [0, 0.05) is 12.0 Å². The molecule has 0 spiro atoms. The van der Waals surface area contributed by atoms with Crippen LogP contribution in [0.15, 0.2) is 60.7 Å². The molecular formula is C20H21NO4. The highest BCUT2D eigenvalue weighted by Gasteiger charge is 2.28. The van der Waals surface area contributed by atoms with Crippen LogP contribution in [0.2, 0.25) is 0 Å². The molecule has 0 saturated heterocycles. The van der Waals surface area contributed by atoms with Gasteiger partial charge >= 0.3 is 5.97 Å². The topological polar surface area (TPSA) is 72.5 Å². The van der Waals surface area contributed by atoms with Crippen LogP contribution in [0.4, 0.5) is 0 Å². The number of Topliss-reactive ketones (excluding diaryl/α,β-unsaturated/α-hetero) is 1. The van der Waals surface area contributed by atoms with E-state index in [4.69, 9.17) is 4.74 Å². The molecule has 2 rings (SSSR count). The van der Waals surface area contributed by atoms with Gasteiger partial charge in [-0.3, -0.25) is 9.59 Å². The number of methoxy groups -OCH3 is 1. The van der Waals surface area contributed by atoms with Crippen LogP contribution in [0, 0.1) is 5.92 Å². The van der Waals surface area contributed by atoms with Gasteiger partial charge in [-0.15, -0.1) is 0 Å². The minimum Gasteiger partial charge on any atom is -0.467 e. The molecule has 2 atom stereocenters. The lowest BCUT2D eigenvalue weighted by Gasteiger charge is -2.19. The number of ether oxygens (including phenoxy) is 1. The van der Waals surface area contributed by atoms with Crippen LogP contribution in [0.3, 0.4) is 0 Å². The zero-order valence-electron chi connectivity index (χ0n) is 14.3. The van der Waals surface area contributed by atoms with Crippen molar-refractivity contribution in [1.82, 2.24) is 5.32 Å². The maximum atomic E-state index is 12.4. The number of hydrogen-bond acceptors (Lipinski definition) is 4. The quantitative estimate of drug-likeness (QED) is 0.478. The number of carbonyl (C=O) groups excluding carboxylic acids is 3. The Kier molecular flexibility index (Phi) is 6.46. The van der Waals surface area contributed by atoms with E-state index < -0.39 is 23.8 Å². The Morgan fingerprint density at radius 3 is 2.08 bits per heavy atom. The van der Waals surface area contributed by atoms with E-state index >= 15 is 0 Å². The number of benzene rings is 2. The molecule has 0 bridgehead atoms. The first-order valence-corrected chi connectivity index (χ1v) is 8.04. The van der Waals surface area contributed by atoms with Crippen molar-refractivity contribution in [1.29, 1.82) is 0 Å². The fourth-order valence-electron chi connectivity index (χ4n) is 2.45. The van der Waals surface area contributed by atoms with Crippen LogP contribution in [-0.4, -0.2) is 30.8 Å². The number of amides is 1. The monoisotopic (exact) mass is 339 g/mol. The molecule has 0 aliphatic rings. The minimum absolute atomic E-state index is 0.290. The first-order chi connectivity index (χ1) is 12.0. The van der Waals surface area contributed by atoms with E-state index in [1.54, 1.807) is 30.3 Å². The highest BCUT2D eigenvalue weighted by Crippen LogP contribution is 2.11. The molecule has 0 aliphatic carbocycles. The van der Waals surface area contributed by atoms with Gasteiger partial charge in [-0.1, -0.05) is 60.7 Å². The van der Waals surface area contributed by atoms with Crippen molar-refractivity contribution >= 4 is 17.7 Å². The largest absolute Gasteiger partial charge is 0.467 e. The average Bonchev–Trinajstić information content (AvgIpc) is 2.67. The fourth-order valence-corrected chi connectivity index (χ4v) is 2.45. The first kappa shape index (κ1) is 18.4. The molecule has 130 valence electrons. The summed E-state index contributed by atoms with van der Waals surface area (Å²) in [5.74, 6) is -2.23. The summed E-state index contributed by atoms with van der Waals surface area (Å²) in [7, 11) is 1.27. The summed E-state index contributed by atoms with van der Waals surface area (Å²) in [5.41, 5.74) is 1.35. The SMILES string of the molecule is COC(=O)[C@H](Cc1ccccc1)NC(=O)[C@H](C)C(=O)c1ccccc1. The fraction of sp³-hybridized carbons (Fsp3) is 0.250. The lowest BCUT2D eigenvalue weighted by Crippen LogP contribution is -2.46. The first-order valence-electron chi connectivity index (χ1n) is 8.04. The van der Waals surface area contributed by atoms with Gasteiger partial charge in [0.05, 0.1) is 13.0 Å². The van der Waals surface area contributed by atoms with E-state index in [-0.39, 0.29) is 5.78 Å². The van der Waals surface area contributed by atoms with Gasteiger partial charge in [-0.2, -0.15) is 0 Å². The van der Waals surface area contributed by atoms with Gasteiger partial charge in [-0.25, -0.2) is 4.79 Å².